The van der Waals surface area contributed by atoms with Gasteiger partial charge >= 0.3 is 5.69 Å². The molecule has 0 saturated carbocycles. The molecule has 160 valence electrons. The van der Waals surface area contributed by atoms with Gasteiger partial charge in [0.05, 0.1) is 0 Å². The first-order valence-electron chi connectivity index (χ1n) is 10.0. The van der Waals surface area contributed by atoms with Gasteiger partial charge in [-0.15, -0.1) is 0 Å². The van der Waals surface area contributed by atoms with Crippen LogP contribution in [0.5, 0.6) is 0 Å². The summed E-state index contributed by atoms with van der Waals surface area (Å²) < 4.78 is 4.54. The molecule has 0 fully saturated rings. The summed E-state index contributed by atoms with van der Waals surface area (Å²) in [4.78, 5) is 30.0. The zero-order valence-corrected chi connectivity index (χ0v) is 19.0. The van der Waals surface area contributed by atoms with Crippen molar-refractivity contribution in [2.45, 2.75) is 30.3 Å². The second kappa shape index (κ2) is 9.16. The first-order valence-corrected chi connectivity index (χ1v) is 11.4. The van der Waals surface area contributed by atoms with Crippen LogP contribution in [0, 0.1) is 0 Å². The van der Waals surface area contributed by atoms with Crippen molar-refractivity contribution in [1.82, 2.24) is 18.7 Å². The predicted molar refractivity (Wildman–Crippen MR) is 126 cm³/mol. The van der Waals surface area contributed by atoms with Crippen molar-refractivity contribution >= 4 is 34.5 Å². The van der Waals surface area contributed by atoms with Crippen LogP contribution < -0.4 is 11.2 Å². The number of nitrogens with zero attached hydrogens (tertiary/aromatic N) is 4. The van der Waals surface area contributed by atoms with Crippen LogP contribution in [0.25, 0.3) is 11.2 Å². The summed E-state index contributed by atoms with van der Waals surface area (Å²) in [6, 6.07) is 17.9. The van der Waals surface area contributed by atoms with Gasteiger partial charge in [0.25, 0.3) is 5.56 Å². The van der Waals surface area contributed by atoms with E-state index in [2.05, 4.69) is 17.1 Å². The minimum Gasteiger partial charge on any atom is -0.313 e. The van der Waals surface area contributed by atoms with E-state index in [1.807, 2.05) is 47.0 Å². The number of hydrogen-bond donors (Lipinski definition) is 0. The van der Waals surface area contributed by atoms with Crippen molar-refractivity contribution in [1.29, 1.82) is 0 Å². The molecule has 0 unspecified atom stereocenters. The zero-order valence-electron chi connectivity index (χ0n) is 17.4. The van der Waals surface area contributed by atoms with Crippen molar-refractivity contribution in [3.63, 3.8) is 0 Å². The lowest BCUT2D eigenvalue weighted by Gasteiger charge is -2.10. The molecule has 0 aliphatic heterocycles. The number of thioether (sulfide) groups is 1. The third kappa shape index (κ3) is 4.48. The molecule has 0 aliphatic rings. The zero-order chi connectivity index (χ0) is 22.0. The molecule has 0 amide bonds. The first kappa shape index (κ1) is 21.5. The molecule has 0 atom stereocenters. The maximum absolute atomic E-state index is 12.9. The Bertz CT molecular complexity index is 1320. The highest BCUT2D eigenvalue weighted by Gasteiger charge is 2.19. The monoisotopic (exact) mass is 454 g/mol. The van der Waals surface area contributed by atoms with Gasteiger partial charge in [0.2, 0.25) is 0 Å². The smallest absolute Gasteiger partial charge is 0.313 e. The van der Waals surface area contributed by atoms with Gasteiger partial charge in [-0.2, -0.15) is 0 Å². The summed E-state index contributed by atoms with van der Waals surface area (Å²) in [5, 5.41) is 1.43. The molecule has 2 heterocycles. The first-order chi connectivity index (χ1) is 15.0. The molecule has 6 nitrogen and oxygen atoms in total. The van der Waals surface area contributed by atoms with Gasteiger partial charge in [0.1, 0.15) is 0 Å². The lowest BCUT2D eigenvalue weighted by Crippen LogP contribution is -2.37. The van der Waals surface area contributed by atoms with Crippen LogP contribution in [0.3, 0.4) is 0 Å². The van der Waals surface area contributed by atoms with Crippen LogP contribution in [0.4, 0.5) is 0 Å². The number of fused-ring (bicyclic) bond motifs is 1. The van der Waals surface area contributed by atoms with Gasteiger partial charge in [0.15, 0.2) is 16.3 Å². The maximum Gasteiger partial charge on any atom is 0.332 e. The fourth-order valence-corrected chi connectivity index (χ4v) is 4.66. The van der Waals surface area contributed by atoms with E-state index in [4.69, 9.17) is 11.6 Å². The van der Waals surface area contributed by atoms with Gasteiger partial charge in [-0.05, 0) is 36.1 Å². The second-order valence-electron chi connectivity index (χ2n) is 7.43. The lowest BCUT2D eigenvalue weighted by atomic mass is 10.1. The topological polar surface area (TPSA) is 61.8 Å². The third-order valence-corrected chi connectivity index (χ3v) is 6.58. The number of benzene rings is 2. The Morgan fingerprint density at radius 3 is 2.35 bits per heavy atom. The Kier molecular flexibility index (Phi) is 6.34. The predicted octanol–water partition coefficient (Wildman–Crippen LogP) is 4.01. The highest BCUT2D eigenvalue weighted by atomic mass is 35.5. The molecular formula is C23H23ClN4O2S. The summed E-state index contributed by atoms with van der Waals surface area (Å²) in [5.74, 6) is 0.688. The fraction of sp³-hybridized carbons (Fsp3) is 0.261. The van der Waals surface area contributed by atoms with Gasteiger partial charge in [-0.25, -0.2) is 9.78 Å². The Balaban J connectivity index is 1.69. The summed E-state index contributed by atoms with van der Waals surface area (Å²) in [6.45, 7) is 0.641. The number of rotatable bonds is 7. The van der Waals surface area contributed by atoms with Gasteiger partial charge < -0.3 is 4.57 Å². The van der Waals surface area contributed by atoms with E-state index in [-0.39, 0.29) is 11.2 Å². The maximum atomic E-state index is 12.9. The van der Waals surface area contributed by atoms with Crippen LogP contribution >= 0.6 is 23.4 Å². The van der Waals surface area contributed by atoms with Crippen LogP contribution in [0.15, 0.2) is 69.3 Å². The number of halogens is 1. The standard InChI is InChI=1S/C23H23ClN4O2S/c1-26-20-19(21(29)27(2)23(26)30)28(14-6-9-16-7-4-3-5-8-16)22(25-20)31-15-17-10-12-18(24)13-11-17/h3-5,7-8,10-13H,6,9,14-15H2,1-2H3. The normalized spacial score (nSPS) is 11.3. The summed E-state index contributed by atoms with van der Waals surface area (Å²) in [5.41, 5.74) is 2.56. The van der Waals surface area contributed by atoms with Gasteiger partial charge in [-0.1, -0.05) is 65.8 Å². The van der Waals surface area contributed by atoms with Crippen molar-refractivity contribution in [3.05, 3.63) is 91.6 Å². The van der Waals surface area contributed by atoms with Crippen molar-refractivity contribution in [2.75, 3.05) is 0 Å². The molecule has 4 aromatic rings. The molecule has 4 rings (SSSR count). The molecule has 2 aromatic heterocycles. The lowest BCUT2D eigenvalue weighted by molar-refractivity contribution is 0.605. The average Bonchev–Trinajstić information content (AvgIpc) is 3.15. The van der Waals surface area contributed by atoms with E-state index < -0.39 is 0 Å². The Morgan fingerprint density at radius 2 is 1.65 bits per heavy atom. The molecule has 0 N–H and O–H groups in total. The van der Waals surface area contributed by atoms with Crippen LogP contribution in [0.2, 0.25) is 5.02 Å². The molecule has 0 radical (unpaired) electrons. The SMILES string of the molecule is Cn1c(=O)c2c(nc(SCc3ccc(Cl)cc3)n2CCCc2ccccc2)n(C)c1=O. The number of hydrogen-bond acceptors (Lipinski definition) is 4. The average molecular weight is 455 g/mol. The Morgan fingerprint density at radius 1 is 0.935 bits per heavy atom. The summed E-state index contributed by atoms with van der Waals surface area (Å²) >= 11 is 7.54. The fourth-order valence-electron chi connectivity index (χ4n) is 3.56. The second-order valence-corrected chi connectivity index (χ2v) is 8.81. The Hall–Kier alpha value is -2.77. The van der Waals surface area contributed by atoms with Gasteiger partial charge in [-0.3, -0.25) is 13.9 Å². The van der Waals surface area contributed by atoms with Crippen LogP contribution in [0.1, 0.15) is 17.5 Å². The van der Waals surface area contributed by atoms with E-state index in [0.29, 0.717) is 28.5 Å². The molecule has 0 aliphatic carbocycles. The quantitative estimate of drug-likeness (QED) is 0.396. The van der Waals surface area contributed by atoms with Crippen molar-refractivity contribution < 1.29 is 0 Å². The van der Waals surface area contributed by atoms with E-state index in [1.165, 1.54) is 17.2 Å². The molecule has 31 heavy (non-hydrogen) atoms. The highest BCUT2D eigenvalue weighted by Crippen LogP contribution is 2.26. The van der Waals surface area contributed by atoms with E-state index in [0.717, 1.165) is 28.1 Å². The minimum absolute atomic E-state index is 0.316. The minimum atomic E-state index is -0.374. The molecule has 0 saturated heterocycles. The van der Waals surface area contributed by atoms with Crippen LogP contribution in [-0.2, 0) is 32.8 Å². The summed E-state index contributed by atoms with van der Waals surface area (Å²) in [7, 11) is 3.16. The summed E-state index contributed by atoms with van der Waals surface area (Å²) in [6.07, 6.45) is 1.75. The number of aromatic nitrogens is 4. The van der Waals surface area contributed by atoms with Crippen molar-refractivity contribution in [3.8, 4) is 0 Å². The van der Waals surface area contributed by atoms with E-state index in [1.54, 1.807) is 18.8 Å². The molecule has 2 aromatic carbocycles. The molecular weight excluding hydrogens is 432 g/mol. The number of imidazole rings is 1. The largest absolute Gasteiger partial charge is 0.332 e. The molecule has 0 bridgehead atoms. The Labute approximate surface area is 189 Å². The van der Waals surface area contributed by atoms with E-state index >= 15 is 0 Å². The highest BCUT2D eigenvalue weighted by molar-refractivity contribution is 7.98. The number of aryl methyl sites for hydroxylation is 3. The van der Waals surface area contributed by atoms with Crippen LogP contribution in [-0.4, -0.2) is 18.7 Å². The molecule has 0 spiro atoms. The third-order valence-electron chi connectivity index (χ3n) is 5.28. The van der Waals surface area contributed by atoms with E-state index in [9.17, 15) is 9.59 Å². The van der Waals surface area contributed by atoms with Crippen molar-refractivity contribution in [2.24, 2.45) is 14.1 Å². The van der Waals surface area contributed by atoms with Gasteiger partial charge in [0, 0.05) is 31.4 Å². The molecule has 8 heteroatoms.